The Hall–Kier alpha value is -3.42. The maximum absolute atomic E-state index is 12.5. The lowest BCUT2D eigenvalue weighted by Crippen LogP contribution is -2.48. The van der Waals surface area contributed by atoms with Crippen molar-refractivity contribution in [2.75, 3.05) is 51.3 Å². The minimum Gasteiger partial charge on any atom is -0.497 e. The van der Waals surface area contributed by atoms with Gasteiger partial charge in [0.2, 0.25) is 0 Å². The van der Waals surface area contributed by atoms with Crippen LogP contribution in [0.2, 0.25) is 0 Å². The topological polar surface area (TPSA) is 57.7 Å². The van der Waals surface area contributed by atoms with E-state index in [1.165, 1.54) is 0 Å². The van der Waals surface area contributed by atoms with Crippen LogP contribution in [-0.2, 0) is 0 Å². The minimum absolute atomic E-state index is 0.0249. The molecule has 0 aliphatic carbocycles. The summed E-state index contributed by atoms with van der Waals surface area (Å²) in [6, 6.07) is 24.0. The number of anilines is 1. The monoisotopic (exact) mass is 472 g/mol. The van der Waals surface area contributed by atoms with Crippen LogP contribution in [0.15, 0.2) is 72.8 Å². The zero-order chi connectivity index (χ0) is 23.3. The Morgan fingerprint density at radius 3 is 2.44 bits per heavy atom. The highest BCUT2D eigenvalue weighted by molar-refractivity contribution is 7.22. The average molecular weight is 473 g/mol. The number of nitrogens with one attached hydrogen (secondary N) is 1. The van der Waals surface area contributed by atoms with Gasteiger partial charge in [-0.3, -0.25) is 9.69 Å². The Morgan fingerprint density at radius 2 is 1.71 bits per heavy atom. The molecular formula is C27H28N4O2S. The van der Waals surface area contributed by atoms with Gasteiger partial charge in [0.15, 0.2) is 5.13 Å². The molecule has 1 aliphatic heterocycles. The highest BCUT2D eigenvalue weighted by atomic mass is 32.1. The highest BCUT2D eigenvalue weighted by Gasteiger charge is 2.20. The predicted molar refractivity (Wildman–Crippen MR) is 139 cm³/mol. The number of ether oxygens (including phenoxy) is 1. The van der Waals surface area contributed by atoms with Gasteiger partial charge in [-0.25, -0.2) is 4.98 Å². The summed E-state index contributed by atoms with van der Waals surface area (Å²) >= 11 is 1.71. The first-order valence-corrected chi connectivity index (χ1v) is 12.4. The number of hydrogen-bond donors (Lipinski definition) is 1. The number of benzene rings is 3. The molecule has 1 saturated heterocycles. The number of rotatable bonds is 7. The molecule has 34 heavy (non-hydrogen) atoms. The van der Waals surface area contributed by atoms with E-state index in [2.05, 4.69) is 27.2 Å². The first-order valence-electron chi connectivity index (χ1n) is 11.6. The van der Waals surface area contributed by atoms with Crippen LogP contribution in [0.1, 0.15) is 10.4 Å². The summed E-state index contributed by atoms with van der Waals surface area (Å²) in [6.45, 7) is 5.28. The lowest BCUT2D eigenvalue weighted by atomic mass is 10.0. The summed E-state index contributed by atoms with van der Waals surface area (Å²) in [5, 5.41) is 4.13. The Labute approximate surface area is 203 Å². The highest BCUT2D eigenvalue weighted by Crippen LogP contribution is 2.31. The fourth-order valence-electron chi connectivity index (χ4n) is 4.19. The van der Waals surface area contributed by atoms with E-state index in [0.717, 1.165) is 64.9 Å². The Balaban J connectivity index is 1.08. The minimum atomic E-state index is -0.0249. The standard InChI is InChI=1S/C27H28N4O2S/c1-33-23-11-12-24-25(19-23)34-27(29-24)31-17-15-30(16-18-31)14-13-28-26(32)22-9-7-21(8-10-22)20-5-3-2-4-6-20/h2-12,19H,13-18H2,1H3,(H,28,32). The van der Waals surface area contributed by atoms with Gasteiger partial charge in [0.1, 0.15) is 5.75 Å². The fraction of sp³-hybridized carbons (Fsp3) is 0.259. The molecule has 5 rings (SSSR count). The quantitative estimate of drug-likeness (QED) is 0.429. The molecule has 7 heteroatoms. The van der Waals surface area contributed by atoms with E-state index in [4.69, 9.17) is 9.72 Å². The van der Waals surface area contributed by atoms with Gasteiger partial charge in [0, 0.05) is 44.8 Å². The molecule has 0 spiro atoms. The van der Waals surface area contributed by atoms with Gasteiger partial charge in [0.25, 0.3) is 5.91 Å². The van der Waals surface area contributed by atoms with Crippen molar-refractivity contribution >= 4 is 32.6 Å². The normalized spacial score (nSPS) is 14.3. The van der Waals surface area contributed by atoms with Crippen molar-refractivity contribution < 1.29 is 9.53 Å². The molecular weight excluding hydrogens is 444 g/mol. The third kappa shape index (κ3) is 5.05. The number of amides is 1. The van der Waals surface area contributed by atoms with Crippen molar-refractivity contribution in [3.05, 3.63) is 78.4 Å². The number of methoxy groups -OCH3 is 1. The van der Waals surface area contributed by atoms with Crippen LogP contribution in [0.4, 0.5) is 5.13 Å². The largest absolute Gasteiger partial charge is 0.497 e. The predicted octanol–water partition coefficient (Wildman–Crippen LogP) is 4.52. The molecule has 2 heterocycles. The van der Waals surface area contributed by atoms with Gasteiger partial charge in [-0.2, -0.15) is 0 Å². The van der Waals surface area contributed by atoms with Gasteiger partial charge in [0.05, 0.1) is 17.3 Å². The number of carbonyl (C=O) groups excluding carboxylic acids is 1. The molecule has 1 fully saturated rings. The summed E-state index contributed by atoms with van der Waals surface area (Å²) in [7, 11) is 1.69. The number of fused-ring (bicyclic) bond motifs is 1. The Bertz CT molecular complexity index is 1250. The number of thiazole rings is 1. The zero-order valence-electron chi connectivity index (χ0n) is 19.2. The van der Waals surface area contributed by atoms with Crippen molar-refractivity contribution in [2.45, 2.75) is 0 Å². The molecule has 1 aliphatic rings. The van der Waals surface area contributed by atoms with Gasteiger partial charge < -0.3 is 15.0 Å². The first kappa shape index (κ1) is 22.4. The summed E-state index contributed by atoms with van der Waals surface area (Å²) in [5.74, 6) is 0.838. The van der Waals surface area contributed by atoms with Crippen molar-refractivity contribution in [1.82, 2.24) is 15.2 Å². The van der Waals surface area contributed by atoms with Crippen LogP contribution < -0.4 is 15.0 Å². The molecule has 0 unspecified atom stereocenters. The van der Waals surface area contributed by atoms with Crippen LogP contribution in [-0.4, -0.2) is 62.2 Å². The fourth-order valence-corrected chi connectivity index (χ4v) is 5.24. The van der Waals surface area contributed by atoms with E-state index in [1.54, 1.807) is 18.4 Å². The van der Waals surface area contributed by atoms with E-state index in [0.29, 0.717) is 12.1 Å². The van der Waals surface area contributed by atoms with Crippen molar-refractivity contribution in [3.63, 3.8) is 0 Å². The summed E-state index contributed by atoms with van der Waals surface area (Å²) in [5.41, 5.74) is 3.97. The van der Waals surface area contributed by atoms with Gasteiger partial charge in [-0.1, -0.05) is 53.8 Å². The molecule has 3 aromatic carbocycles. The molecule has 174 valence electrons. The van der Waals surface area contributed by atoms with Crippen LogP contribution in [0.25, 0.3) is 21.3 Å². The molecule has 0 saturated carbocycles. The number of nitrogens with zero attached hydrogens (tertiary/aromatic N) is 3. The molecule has 1 aromatic heterocycles. The second-order valence-electron chi connectivity index (χ2n) is 8.36. The lowest BCUT2D eigenvalue weighted by Gasteiger charge is -2.34. The maximum Gasteiger partial charge on any atom is 0.251 e. The van der Waals surface area contributed by atoms with E-state index in [9.17, 15) is 4.79 Å². The van der Waals surface area contributed by atoms with Crippen molar-refractivity contribution in [3.8, 4) is 16.9 Å². The number of piperazine rings is 1. The van der Waals surface area contributed by atoms with Gasteiger partial charge >= 0.3 is 0 Å². The molecule has 6 nitrogen and oxygen atoms in total. The van der Waals surface area contributed by atoms with Gasteiger partial charge in [-0.05, 0) is 41.5 Å². The second kappa shape index (κ2) is 10.2. The molecule has 1 amide bonds. The van der Waals surface area contributed by atoms with E-state index in [1.807, 2.05) is 60.7 Å². The number of aromatic nitrogens is 1. The lowest BCUT2D eigenvalue weighted by molar-refractivity contribution is 0.0948. The van der Waals surface area contributed by atoms with Crippen LogP contribution in [0, 0.1) is 0 Å². The third-order valence-corrected chi connectivity index (χ3v) is 7.27. The van der Waals surface area contributed by atoms with Crippen LogP contribution in [0.3, 0.4) is 0 Å². The molecule has 4 aromatic rings. The van der Waals surface area contributed by atoms with Crippen molar-refractivity contribution in [1.29, 1.82) is 0 Å². The summed E-state index contributed by atoms with van der Waals surface area (Å²) in [6.07, 6.45) is 0. The van der Waals surface area contributed by atoms with E-state index >= 15 is 0 Å². The Kier molecular flexibility index (Phi) is 6.74. The molecule has 1 N–H and O–H groups in total. The van der Waals surface area contributed by atoms with Crippen LogP contribution >= 0.6 is 11.3 Å². The molecule has 0 atom stereocenters. The molecule has 0 radical (unpaired) electrons. The summed E-state index contributed by atoms with van der Waals surface area (Å²) < 4.78 is 6.48. The van der Waals surface area contributed by atoms with Gasteiger partial charge in [-0.15, -0.1) is 0 Å². The first-order chi connectivity index (χ1) is 16.7. The van der Waals surface area contributed by atoms with E-state index in [-0.39, 0.29) is 5.91 Å². The average Bonchev–Trinajstić information content (AvgIpc) is 3.33. The number of hydrogen-bond acceptors (Lipinski definition) is 6. The number of carbonyl (C=O) groups is 1. The second-order valence-corrected chi connectivity index (χ2v) is 9.37. The third-order valence-electron chi connectivity index (χ3n) is 6.19. The van der Waals surface area contributed by atoms with E-state index < -0.39 is 0 Å². The molecule has 0 bridgehead atoms. The SMILES string of the molecule is COc1ccc2nc(N3CCN(CCNC(=O)c4ccc(-c5ccccc5)cc4)CC3)sc2c1. The maximum atomic E-state index is 12.5. The zero-order valence-corrected chi connectivity index (χ0v) is 20.1. The Morgan fingerprint density at radius 1 is 0.971 bits per heavy atom. The van der Waals surface area contributed by atoms with Crippen LogP contribution in [0.5, 0.6) is 5.75 Å². The smallest absolute Gasteiger partial charge is 0.251 e. The van der Waals surface area contributed by atoms with Crippen molar-refractivity contribution in [2.24, 2.45) is 0 Å². The summed E-state index contributed by atoms with van der Waals surface area (Å²) in [4.78, 5) is 22.1.